The molecule has 0 unspecified atom stereocenters. The molecule has 0 spiro atoms. The molecule has 0 aromatic heterocycles. The van der Waals surface area contributed by atoms with Crippen molar-refractivity contribution in [3.8, 4) is 17.2 Å². The van der Waals surface area contributed by atoms with E-state index in [1.54, 1.807) is 32.4 Å². The van der Waals surface area contributed by atoms with E-state index in [4.69, 9.17) is 19.9 Å². The van der Waals surface area contributed by atoms with Crippen LogP contribution in [0.4, 0.5) is 0 Å². The first-order chi connectivity index (χ1) is 7.80. The van der Waals surface area contributed by atoms with Gasteiger partial charge in [-0.1, -0.05) is 13.8 Å². The van der Waals surface area contributed by atoms with Crippen LogP contribution in [0.1, 0.15) is 13.8 Å². The summed E-state index contributed by atoms with van der Waals surface area (Å²) in [6.45, 7) is 4.97. The minimum Gasteiger partial charge on any atom is -0.496 e. The Labute approximate surface area is 97.3 Å². The van der Waals surface area contributed by atoms with Crippen molar-refractivity contribution in [3.63, 3.8) is 0 Å². The summed E-state index contributed by atoms with van der Waals surface area (Å²) in [6, 6.07) is 5.37. The Bertz CT molecular complexity index is 267. The largest absolute Gasteiger partial charge is 0.496 e. The van der Waals surface area contributed by atoms with Crippen molar-refractivity contribution in [1.29, 1.82) is 0 Å². The van der Waals surface area contributed by atoms with E-state index >= 15 is 0 Å². The molecular weight excluding hydrogens is 206 g/mol. The third-order valence-electron chi connectivity index (χ3n) is 1.71. The maximum atomic E-state index is 5.36. The highest BCUT2D eigenvalue weighted by Crippen LogP contribution is 2.27. The molecule has 0 aliphatic carbocycles. The second kappa shape index (κ2) is 8.85. The summed E-state index contributed by atoms with van der Waals surface area (Å²) in [5.74, 6) is 2.11. The van der Waals surface area contributed by atoms with Gasteiger partial charge in [-0.25, -0.2) is 0 Å². The smallest absolute Gasteiger partial charge is 0.126 e. The molecule has 4 heteroatoms. The molecule has 1 rings (SSSR count). The van der Waals surface area contributed by atoms with Gasteiger partial charge >= 0.3 is 0 Å². The van der Waals surface area contributed by atoms with Crippen LogP contribution in [-0.2, 0) is 0 Å². The molecule has 0 saturated carbocycles. The van der Waals surface area contributed by atoms with Crippen LogP contribution in [0.5, 0.6) is 17.2 Å². The molecule has 2 N–H and O–H groups in total. The maximum Gasteiger partial charge on any atom is 0.126 e. The highest BCUT2D eigenvalue weighted by atomic mass is 16.5. The molecule has 0 bridgehead atoms. The first kappa shape index (κ1) is 14.6. The Kier molecular flexibility index (Phi) is 8.07. The van der Waals surface area contributed by atoms with Crippen LogP contribution in [0, 0.1) is 0 Å². The van der Waals surface area contributed by atoms with E-state index in [1.165, 1.54) is 0 Å². The molecule has 4 nitrogen and oxygen atoms in total. The second-order valence-corrected chi connectivity index (χ2v) is 2.69. The van der Waals surface area contributed by atoms with E-state index in [9.17, 15) is 0 Å². The van der Waals surface area contributed by atoms with Gasteiger partial charge in [0.15, 0.2) is 0 Å². The van der Waals surface area contributed by atoms with Crippen molar-refractivity contribution in [1.82, 2.24) is 0 Å². The lowest BCUT2D eigenvalue weighted by Gasteiger charge is -2.09. The van der Waals surface area contributed by atoms with Gasteiger partial charge in [-0.15, -0.1) is 0 Å². The van der Waals surface area contributed by atoms with Gasteiger partial charge in [0.25, 0.3) is 0 Å². The summed E-state index contributed by atoms with van der Waals surface area (Å²) in [5, 5.41) is 0. The van der Waals surface area contributed by atoms with Crippen molar-refractivity contribution in [3.05, 3.63) is 18.2 Å². The number of hydrogen-bond donors (Lipinski definition) is 1. The third-order valence-corrected chi connectivity index (χ3v) is 1.71. The van der Waals surface area contributed by atoms with Crippen molar-refractivity contribution >= 4 is 0 Å². The summed E-state index contributed by atoms with van der Waals surface area (Å²) in [6.07, 6.45) is 0. The predicted octanol–water partition coefficient (Wildman–Crippen LogP) is 2.07. The van der Waals surface area contributed by atoms with E-state index in [1.807, 2.05) is 13.8 Å². The van der Waals surface area contributed by atoms with Gasteiger partial charge in [0.1, 0.15) is 23.9 Å². The SMILES string of the molecule is CC.COc1cc(OC)cc(OCCN)c1. The van der Waals surface area contributed by atoms with Crippen molar-refractivity contribution in [2.24, 2.45) is 5.73 Å². The van der Waals surface area contributed by atoms with Crippen LogP contribution < -0.4 is 19.9 Å². The Balaban J connectivity index is 0.00000106. The normalized spacial score (nSPS) is 8.81. The molecular formula is C12H21NO3. The molecule has 0 aliphatic rings. The zero-order chi connectivity index (χ0) is 12.4. The summed E-state index contributed by atoms with van der Waals surface area (Å²) < 4.78 is 15.5. The van der Waals surface area contributed by atoms with Crippen molar-refractivity contribution < 1.29 is 14.2 Å². The Morgan fingerprint density at radius 2 is 1.38 bits per heavy atom. The molecule has 16 heavy (non-hydrogen) atoms. The molecule has 1 aromatic carbocycles. The van der Waals surface area contributed by atoms with E-state index < -0.39 is 0 Å². The zero-order valence-electron chi connectivity index (χ0n) is 10.4. The van der Waals surface area contributed by atoms with Gasteiger partial charge < -0.3 is 19.9 Å². The van der Waals surface area contributed by atoms with Crippen LogP contribution >= 0.6 is 0 Å². The first-order valence-corrected chi connectivity index (χ1v) is 5.36. The minimum absolute atomic E-state index is 0.482. The fourth-order valence-electron chi connectivity index (χ4n) is 1.04. The summed E-state index contributed by atoms with van der Waals surface area (Å²) >= 11 is 0. The average molecular weight is 227 g/mol. The molecule has 0 radical (unpaired) electrons. The average Bonchev–Trinajstić information content (AvgIpc) is 2.38. The monoisotopic (exact) mass is 227 g/mol. The van der Waals surface area contributed by atoms with E-state index in [2.05, 4.69) is 0 Å². The predicted molar refractivity (Wildman–Crippen MR) is 65.4 cm³/mol. The Hall–Kier alpha value is -1.42. The highest BCUT2D eigenvalue weighted by Gasteiger charge is 2.01. The van der Waals surface area contributed by atoms with E-state index in [0.717, 1.165) is 0 Å². The Morgan fingerprint density at radius 1 is 0.938 bits per heavy atom. The van der Waals surface area contributed by atoms with Gasteiger partial charge in [0.05, 0.1) is 14.2 Å². The highest BCUT2D eigenvalue weighted by molar-refractivity contribution is 5.41. The number of hydrogen-bond acceptors (Lipinski definition) is 4. The van der Waals surface area contributed by atoms with Crippen LogP contribution in [-0.4, -0.2) is 27.4 Å². The third kappa shape index (κ3) is 4.89. The fraction of sp³-hybridized carbons (Fsp3) is 0.500. The summed E-state index contributed by atoms with van der Waals surface area (Å²) in [7, 11) is 3.20. The van der Waals surface area contributed by atoms with E-state index in [0.29, 0.717) is 30.4 Å². The lowest BCUT2D eigenvalue weighted by Crippen LogP contribution is -2.10. The zero-order valence-corrected chi connectivity index (χ0v) is 10.4. The van der Waals surface area contributed by atoms with E-state index in [-0.39, 0.29) is 0 Å². The standard InChI is InChI=1S/C10H15NO3.C2H6/c1-12-8-5-9(13-2)7-10(6-8)14-4-3-11;1-2/h5-7H,3-4,11H2,1-2H3;1-2H3. The summed E-state index contributed by atoms with van der Waals surface area (Å²) in [5.41, 5.74) is 5.33. The molecule has 0 amide bonds. The van der Waals surface area contributed by atoms with Gasteiger partial charge in [-0.2, -0.15) is 0 Å². The Morgan fingerprint density at radius 3 is 1.75 bits per heavy atom. The van der Waals surface area contributed by atoms with Crippen molar-refractivity contribution in [2.75, 3.05) is 27.4 Å². The number of nitrogens with two attached hydrogens (primary N) is 1. The number of rotatable bonds is 5. The maximum absolute atomic E-state index is 5.36. The van der Waals surface area contributed by atoms with Crippen LogP contribution in [0.2, 0.25) is 0 Å². The molecule has 0 heterocycles. The lowest BCUT2D eigenvalue weighted by atomic mass is 10.3. The lowest BCUT2D eigenvalue weighted by molar-refractivity contribution is 0.320. The quantitative estimate of drug-likeness (QED) is 0.836. The molecule has 0 saturated heterocycles. The van der Waals surface area contributed by atoms with Crippen LogP contribution in [0.15, 0.2) is 18.2 Å². The number of methoxy groups -OCH3 is 2. The number of benzene rings is 1. The molecule has 0 atom stereocenters. The van der Waals surface area contributed by atoms with Crippen LogP contribution in [0.25, 0.3) is 0 Å². The molecule has 0 fully saturated rings. The van der Waals surface area contributed by atoms with Gasteiger partial charge in [0.2, 0.25) is 0 Å². The molecule has 1 aromatic rings. The van der Waals surface area contributed by atoms with Crippen molar-refractivity contribution in [2.45, 2.75) is 13.8 Å². The minimum atomic E-state index is 0.482. The topological polar surface area (TPSA) is 53.7 Å². The van der Waals surface area contributed by atoms with Gasteiger partial charge in [-0.3, -0.25) is 0 Å². The summed E-state index contributed by atoms with van der Waals surface area (Å²) in [4.78, 5) is 0. The second-order valence-electron chi connectivity index (χ2n) is 2.69. The first-order valence-electron chi connectivity index (χ1n) is 5.36. The number of ether oxygens (including phenoxy) is 3. The molecule has 92 valence electrons. The van der Waals surface area contributed by atoms with Gasteiger partial charge in [-0.05, 0) is 0 Å². The van der Waals surface area contributed by atoms with Gasteiger partial charge in [0, 0.05) is 24.7 Å². The molecule has 0 aliphatic heterocycles. The fourth-order valence-corrected chi connectivity index (χ4v) is 1.04. The van der Waals surface area contributed by atoms with Crippen LogP contribution in [0.3, 0.4) is 0 Å².